The first kappa shape index (κ1) is 12.7. The van der Waals surface area contributed by atoms with Crippen LogP contribution < -0.4 is 0 Å². The molecular formula is C11H10BrN3O3. The molecule has 2 heterocycles. The van der Waals surface area contributed by atoms with Crippen molar-refractivity contribution in [2.24, 2.45) is 0 Å². The van der Waals surface area contributed by atoms with Crippen LogP contribution in [0.2, 0.25) is 0 Å². The van der Waals surface area contributed by atoms with Gasteiger partial charge in [-0.05, 0) is 34.5 Å². The minimum atomic E-state index is -0.831. The molecule has 0 saturated heterocycles. The maximum absolute atomic E-state index is 10.4. The summed E-state index contributed by atoms with van der Waals surface area (Å²) in [5, 5.41) is 12.3. The molecule has 0 saturated carbocycles. The standard InChI is InChI=1S/C11H10BrN3O3/c12-7-3-2-6-13-10(7)11-14-8(18-15-11)4-1-5-9(16)17/h2-3,6H,1,4-5H2,(H,16,17). The fourth-order valence-electron chi connectivity index (χ4n) is 1.39. The lowest BCUT2D eigenvalue weighted by Crippen LogP contribution is -1.96. The fraction of sp³-hybridized carbons (Fsp3) is 0.273. The third kappa shape index (κ3) is 3.13. The van der Waals surface area contributed by atoms with E-state index in [0.29, 0.717) is 30.3 Å². The third-order valence-electron chi connectivity index (χ3n) is 2.22. The summed E-state index contributed by atoms with van der Waals surface area (Å²) >= 11 is 3.35. The molecule has 0 aromatic carbocycles. The molecule has 94 valence electrons. The van der Waals surface area contributed by atoms with E-state index in [1.165, 1.54) is 0 Å². The highest BCUT2D eigenvalue weighted by Gasteiger charge is 2.12. The average Bonchev–Trinajstić information content (AvgIpc) is 2.78. The molecule has 0 fully saturated rings. The van der Waals surface area contributed by atoms with E-state index in [1.54, 1.807) is 12.3 Å². The van der Waals surface area contributed by atoms with E-state index in [1.807, 2.05) is 6.07 Å². The maximum Gasteiger partial charge on any atom is 0.303 e. The van der Waals surface area contributed by atoms with Crippen molar-refractivity contribution >= 4 is 21.9 Å². The molecule has 0 atom stereocenters. The van der Waals surface area contributed by atoms with E-state index in [0.717, 1.165) is 4.47 Å². The minimum Gasteiger partial charge on any atom is -0.481 e. The quantitative estimate of drug-likeness (QED) is 0.911. The summed E-state index contributed by atoms with van der Waals surface area (Å²) in [7, 11) is 0. The normalized spacial score (nSPS) is 10.5. The summed E-state index contributed by atoms with van der Waals surface area (Å²) in [6.45, 7) is 0. The Bertz CT molecular complexity index is 556. The highest BCUT2D eigenvalue weighted by molar-refractivity contribution is 9.10. The van der Waals surface area contributed by atoms with Crippen molar-refractivity contribution in [2.45, 2.75) is 19.3 Å². The van der Waals surface area contributed by atoms with Gasteiger partial charge in [-0.15, -0.1) is 0 Å². The topological polar surface area (TPSA) is 89.1 Å². The number of carbonyl (C=O) groups is 1. The molecular weight excluding hydrogens is 302 g/mol. The minimum absolute atomic E-state index is 0.0883. The van der Waals surface area contributed by atoms with Crippen molar-refractivity contribution in [1.82, 2.24) is 15.1 Å². The van der Waals surface area contributed by atoms with Crippen LogP contribution >= 0.6 is 15.9 Å². The molecule has 18 heavy (non-hydrogen) atoms. The Morgan fingerprint density at radius 2 is 2.33 bits per heavy atom. The highest BCUT2D eigenvalue weighted by atomic mass is 79.9. The molecule has 0 aliphatic heterocycles. The van der Waals surface area contributed by atoms with Crippen molar-refractivity contribution < 1.29 is 14.4 Å². The number of aryl methyl sites for hydroxylation is 1. The first-order valence-corrected chi connectivity index (χ1v) is 6.11. The molecule has 0 radical (unpaired) electrons. The smallest absolute Gasteiger partial charge is 0.303 e. The Kier molecular flexibility index (Phi) is 4.03. The number of rotatable bonds is 5. The molecule has 7 heteroatoms. The van der Waals surface area contributed by atoms with Gasteiger partial charge in [-0.1, -0.05) is 5.16 Å². The second-order valence-corrected chi connectivity index (χ2v) is 4.45. The average molecular weight is 312 g/mol. The Labute approximate surface area is 111 Å². The summed E-state index contributed by atoms with van der Waals surface area (Å²) in [6, 6.07) is 3.63. The third-order valence-corrected chi connectivity index (χ3v) is 2.86. The molecule has 2 aromatic rings. The van der Waals surface area contributed by atoms with Crippen molar-refractivity contribution in [3.63, 3.8) is 0 Å². The Morgan fingerprint density at radius 1 is 1.50 bits per heavy atom. The van der Waals surface area contributed by atoms with Gasteiger partial charge in [0.05, 0.1) is 0 Å². The summed E-state index contributed by atoms with van der Waals surface area (Å²) < 4.78 is 5.82. The summed E-state index contributed by atoms with van der Waals surface area (Å²) in [5.74, 6) is -0.0150. The number of aliphatic carboxylic acids is 1. The lowest BCUT2D eigenvalue weighted by Gasteiger charge is -1.95. The molecule has 0 unspecified atom stereocenters. The second kappa shape index (κ2) is 5.72. The van der Waals surface area contributed by atoms with Crippen LogP contribution in [-0.4, -0.2) is 26.2 Å². The van der Waals surface area contributed by atoms with E-state index >= 15 is 0 Å². The first-order valence-electron chi connectivity index (χ1n) is 5.32. The summed E-state index contributed by atoms with van der Waals surface area (Å²) in [6.07, 6.45) is 2.65. The van der Waals surface area contributed by atoms with Crippen molar-refractivity contribution in [3.8, 4) is 11.5 Å². The van der Waals surface area contributed by atoms with Gasteiger partial charge in [0, 0.05) is 23.5 Å². The maximum atomic E-state index is 10.4. The zero-order chi connectivity index (χ0) is 13.0. The van der Waals surface area contributed by atoms with E-state index < -0.39 is 5.97 Å². The lowest BCUT2D eigenvalue weighted by molar-refractivity contribution is -0.137. The largest absolute Gasteiger partial charge is 0.481 e. The molecule has 0 amide bonds. The Morgan fingerprint density at radius 3 is 3.06 bits per heavy atom. The van der Waals surface area contributed by atoms with Gasteiger partial charge in [-0.25, -0.2) is 0 Å². The number of pyridine rings is 1. The van der Waals surface area contributed by atoms with Crippen LogP contribution in [0.25, 0.3) is 11.5 Å². The van der Waals surface area contributed by atoms with Gasteiger partial charge in [0.25, 0.3) is 0 Å². The molecule has 0 bridgehead atoms. The van der Waals surface area contributed by atoms with Gasteiger partial charge in [-0.3, -0.25) is 9.78 Å². The number of carboxylic acids is 1. The van der Waals surface area contributed by atoms with E-state index in [2.05, 4.69) is 31.1 Å². The zero-order valence-electron chi connectivity index (χ0n) is 9.34. The van der Waals surface area contributed by atoms with Gasteiger partial charge < -0.3 is 9.63 Å². The second-order valence-electron chi connectivity index (χ2n) is 3.59. The number of carboxylic acid groups (broad SMARTS) is 1. The predicted octanol–water partition coefficient (Wildman–Crippen LogP) is 2.30. The molecule has 2 rings (SSSR count). The van der Waals surface area contributed by atoms with Gasteiger partial charge in [0.1, 0.15) is 5.69 Å². The van der Waals surface area contributed by atoms with Crippen LogP contribution in [0.5, 0.6) is 0 Å². The lowest BCUT2D eigenvalue weighted by atomic mass is 10.2. The Hall–Kier alpha value is -1.76. The zero-order valence-corrected chi connectivity index (χ0v) is 10.9. The molecule has 0 aliphatic rings. The van der Waals surface area contributed by atoms with E-state index in [-0.39, 0.29) is 6.42 Å². The van der Waals surface area contributed by atoms with Crippen LogP contribution in [0.15, 0.2) is 27.3 Å². The van der Waals surface area contributed by atoms with Gasteiger partial charge in [-0.2, -0.15) is 4.98 Å². The van der Waals surface area contributed by atoms with Crippen LogP contribution in [0, 0.1) is 0 Å². The van der Waals surface area contributed by atoms with Crippen molar-refractivity contribution in [3.05, 3.63) is 28.7 Å². The van der Waals surface area contributed by atoms with E-state index in [4.69, 9.17) is 9.63 Å². The van der Waals surface area contributed by atoms with Crippen LogP contribution in [0.1, 0.15) is 18.7 Å². The van der Waals surface area contributed by atoms with Gasteiger partial charge in [0.15, 0.2) is 0 Å². The van der Waals surface area contributed by atoms with Gasteiger partial charge >= 0.3 is 5.97 Å². The monoisotopic (exact) mass is 311 g/mol. The van der Waals surface area contributed by atoms with Crippen LogP contribution in [0.4, 0.5) is 0 Å². The SMILES string of the molecule is O=C(O)CCCc1nc(-c2ncccc2Br)no1. The molecule has 0 spiro atoms. The molecule has 6 nitrogen and oxygen atoms in total. The number of nitrogens with zero attached hydrogens (tertiary/aromatic N) is 3. The molecule has 1 N–H and O–H groups in total. The number of halogens is 1. The molecule has 0 aliphatic carbocycles. The van der Waals surface area contributed by atoms with E-state index in [9.17, 15) is 4.79 Å². The number of hydrogen-bond donors (Lipinski definition) is 1. The highest BCUT2D eigenvalue weighted by Crippen LogP contribution is 2.23. The first-order chi connectivity index (χ1) is 8.66. The van der Waals surface area contributed by atoms with Crippen LogP contribution in [0.3, 0.4) is 0 Å². The summed E-state index contributed by atoms with van der Waals surface area (Å²) in [5.41, 5.74) is 0.603. The van der Waals surface area contributed by atoms with Gasteiger partial charge in [0.2, 0.25) is 11.7 Å². The molecule has 2 aromatic heterocycles. The summed E-state index contributed by atoms with van der Waals surface area (Å²) in [4.78, 5) is 18.7. The van der Waals surface area contributed by atoms with Crippen molar-refractivity contribution in [2.75, 3.05) is 0 Å². The van der Waals surface area contributed by atoms with Crippen molar-refractivity contribution in [1.29, 1.82) is 0 Å². The fourth-order valence-corrected chi connectivity index (χ4v) is 1.83. The number of hydrogen-bond acceptors (Lipinski definition) is 5. The number of aromatic nitrogens is 3. The predicted molar refractivity (Wildman–Crippen MR) is 65.8 cm³/mol. The van der Waals surface area contributed by atoms with Crippen LogP contribution in [-0.2, 0) is 11.2 Å². The Balaban J connectivity index is 2.06.